The van der Waals surface area contributed by atoms with Crippen molar-refractivity contribution in [3.05, 3.63) is 82.9 Å². The topological polar surface area (TPSA) is 83.6 Å². The van der Waals surface area contributed by atoms with E-state index in [1.165, 1.54) is 4.90 Å². The zero-order valence-corrected chi connectivity index (χ0v) is 16.1. The molecule has 1 unspecified atom stereocenters. The molecule has 0 saturated carbocycles. The third kappa shape index (κ3) is 2.88. The first kappa shape index (κ1) is 18.2. The summed E-state index contributed by atoms with van der Waals surface area (Å²) in [4.78, 5) is 51.1. The van der Waals surface area contributed by atoms with E-state index in [9.17, 15) is 19.2 Å². The molecule has 148 valence electrons. The molecule has 1 N–H and O–H groups in total. The minimum absolute atomic E-state index is 0.110. The van der Waals surface area contributed by atoms with Gasteiger partial charge in [0.05, 0.1) is 0 Å². The van der Waals surface area contributed by atoms with Crippen molar-refractivity contribution in [1.82, 2.24) is 10.2 Å². The van der Waals surface area contributed by atoms with Gasteiger partial charge in [-0.25, -0.2) is 0 Å². The van der Waals surface area contributed by atoms with Gasteiger partial charge in [-0.2, -0.15) is 0 Å². The lowest BCUT2D eigenvalue weighted by Gasteiger charge is -2.29. The van der Waals surface area contributed by atoms with E-state index in [0.29, 0.717) is 23.1 Å². The molecule has 0 aromatic heterocycles. The van der Waals surface area contributed by atoms with Crippen molar-refractivity contribution in [3.8, 4) is 0 Å². The Bertz CT molecular complexity index is 1240. The number of hydrogen-bond donors (Lipinski definition) is 1. The maximum atomic E-state index is 13.2. The van der Waals surface area contributed by atoms with E-state index in [1.54, 1.807) is 24.3 Å². The number of rotatable bonds is 3. The van der Waals surface area contributed by atoms with Gasteiger partial charge in [0.2, 0.25) is 11.8 Å². The minimum Gasteiger partial charge on any atom is -0.322 e. The molecule has 6 heteroatoms. The van der Waals surface area contributed by atoms with Crippen molar-refractivity contribution in [2.75, 3.05) is 0 Å². The maximum absolute atomic E-state index is 13.2. The number of fused-ring (bicyclic) bond motifs is 2. The molecule has 2 aliphatic heterocycles. The van der Waals surface area contributed by atoms with Gasteiger partial charge >= 0.3 is 0 Å². The molecule has 0 radical (unpaired) electrons. The number of carbonyl (C=O) groups excluding carboxylic acids is 4. The molecular formula is C24H18N2O4. The predicted octanol–water partition coefficient (Wildman–Crippen LogP) is 2.83. The van der Waals surface area contributed by atoms with E-state index >= 15 is 0 Å². The molecule has 1 saturated heterocycles. The Kier molecular flexibility index (Phi) is 4.20. The number of hydrogen-bond acceptors (Lipinski definition) is 4. The van der Waals surface area contributed by atoms with Crippen LogP contribution in [-0.4, -0.2) is 34.4 Å². The molecule has 30 heavy (non-hydrogen) atoms. The van der Waals surface area contributed by atoms with Crippen LogP contribution in [0, 0.1) is 0 Å². The fourth-order valence-corrected chi connectivity index (χ4v) is 4.29. The van der Waals surface area contributed by atoms with Crippen molar-refractivity contribution in [3.63, 3.8) is 0 Å². The van der Waals surface area contributed by atoms with Crippen molar-refractivity contribution in [1.29, 1.82) is 0 Å². The van der Waals surface area contributed by atoms with Crippen molar-refractivity contribution >= 4 is 34.3 Å². The second kappa shape index (κ2) is 6.91. The number of carbonyl (C=O) groups is 4. The molecule has 0 spiro atoms. The van der Waals surface area contributed by atoms with Gasteiger partial charge in [0, 0.05) is 29.7 Å². The predicted molar refractivity (Wildman–Crippen MR) is 110 cm³/mol. The number of piperidine rings is 1. The third-order valence-corrected chi connectivity index (χ3v) is 5.82. The Labute approximate surface area is 172 Å². The summed E-state index contributed by atoms with van der Waals surface area (Å²) in [7, 11) is 0. The first-order chi connectivity index (χ1) is 14.5. The molecule has 2 aliphatic rings. The van der Waals surface area contributed by atoms with E-state index in [1.807, 2.05) is 36.4 Å². The van der Waals surface area contributed by atoms with Gasteiger partial charge < -0.3 is 4.90 Å². The summed E-state index contributed by atoms with van der Waals surface area (Å²) in [5.74, 6) is -1.12. The summed E-state index contributed by atoms with van der Waals surface area (Å²) in [6, 6.07) is 17.7. The van der Waals surface area contributed by atoms with Crippen LogP contribution in [0.5, 0.6) is 0 Å². The Morgan fingerprint density at radius 3 is 2.60 bits per heavy atom. The van der Waals surface area contributed by atoms with Crippen LogP contribution < -0.4 is 5.32 Å². The molecule has 0 aliphatic carbocycles. The van der Waals surface area contributed by atoms with Crippen LogP contribution in [-0.2, 0) is 16.1 Å². The summed E-state index contributed by atoms with van der Waals surface area (Å²) >= 11 is 0. The van der Waals surface area contributed by atoms with Gasteiger partial charge in [-0.3, -0.25) is 24.5 Å². The Morgan fingerprint density at radius 2 is 1.77 bits per heavy atom. The van der Waals surface area contributed by atoms with Crippen LogP contribution >= 0.6 is 0 Å². The van der Waals surface area contributed by atoms with Crippen LogP contribution in [0.15, 0.2) is 60.7 Å². The summed E-state index contributed by atoms with van der Waals surface area (Å²) in [5.41, 5.74) is 2.33. The van der Waals surface area contributed by atoms with E-state index in [4.69, 9.17) is 0 Å². The second-order valence-corrected chi connectivity index (χ2v) is 7.63. The molecule has 2 heterocycles. The molecule has 3 aromatic rings. The molecule has 0 bridgehead atoms. The Balaban J connectivity index is 1.46. The van der Waals surface area contributed by atoms with Crippen LogP contribution in [0.4, 0.5) is 0 Å². The lowest BCUT2D eigenvalue weighted by atomic mass is 9.95. The lowest BCUT2D eigenvalue weighted by Crippen LogP contribution is -2.52. The monoisotopic (exact) mass is 398 g/mol. The van der Waals surface area contributed by atoms with Crippen molar-refractivity contribution in [2.45, 2.75) is 25.4 Å². The van der Waals surface area contributed by atoms with Gasteiger partial charge in [0.1, 0.15) is 6.04 Å². The average molecular weight is 398 g/mol. The summed E-state index contributed by atoms with van der Waals surface area (Å²) in [6.07, 6.45) is 0.521. The number of ketones is 1. The average Bonchev–Trinajstić information content (AvgIpc) is 3.08. The SMILES string of the molecule is O=C1CCC(N2Cc3cc(C(=O)c4cccc5ccccc45)ccc3C2=O)C(=O)N1. The Hall–Kier alpha value is -3.80. The molecule has 1 fully saturated rings. The van der Waals surface area contributed by atoms with Gasteiger partial charge in [-0.05, 0) is 34.9 Å². The smallest absolute Gasteiger partial charge is 0.255 e. The van der Waals surface area contributed by atoms with Gasteiger partial charge in [-0.1, -0.05) is 48.5 Å². The molecule has 5 rings (SSSR count). The van der Waals surface area contributed by atoms with E-state index in [2.05, 4.69) is 5.32 Å². The Morgan fingerprint density at radius 1 is 0.967 bits per heavy atom. The second-order valence-electron chi connectivity index (χ2n) is 7.63. The minimum atomic E-state index is -0.667. The summed E-state index contributed by atoms with van der Waals surface area (Å²) in [5, 5.41) is 4.17. The van der Waals surface area contributed by atoms with Crippen molar-refractivity contribution in [2.24, 2.45) is 0 Å². The fourth-order valence-electron chi connectivity index (χ4n) is 4.29. The highest BCUT2D eigenvalue weighted by Gasteiger charge is 2.39. The highest BCUT2D eigenvalue weighted by Crippen LogP contribution is 2.29. The van der Waals surface area contributed by atoms with Crippen molar-refractivity contribution < 1.29 is 19.2 Å². The zero-order chi connectivity index (χ0) is 20.8. The number of imide groups is 1. The highest BCUT2D eigenvalue weighted by molar-refractivity contribution is 6.17. The number of amides is 3. The largest absolute Gasteiger partial charge is 0.322 e. The quantitative estimate of drug-likeness (QED) is 0.543. The first-order valence-electron chi connectivity index (χ1n) is 9.83. The van der Waals surface area contributed by atoms with Gasteiger partial charge in [0.25, 0.3) is 5.91 Å². The third-order valence-electron chi connectivity index (χ3n) is 5.82. The molecular weight excluding hydrogens is 380 g/mol. The van der Waals surface area contributed by atoms with Crippen LogP contribution in [0.25, 0.3) is 10.8 Å². The molecule has 1 atom stereocenters. The fraction of sp³-hybridized carbons (Fsp3) is 0.167. The molecule has 3 aromatic carbocycles. The van der Waals surface area contributed by atoms with Crippen LogP contribution in [0.1, 0.15) is 44.7 Å². The van der Waals surface area contributed by atoms with Gasteiger partial charge in [0.15, 0.2) is 5.78 Å². The first-order valence-corrected chi connectivity index (χ1v) is 9.83. The summed E-state index contributed by atoms with van der Waals surface area (Å²) < 4.78 is 0. The van der Waals surface area contributed by atoms with Gasteiger partial charge in [-0.15, -0.1) is 0 Å². The number of nitrogens with zero attached hydrogens (tertiary/aromatic N) is 1. The number of nitrogens with one attached hydrogen (secondary N) is 1. The van der Waals surface area contributed by atoms with Crippen LogP contribution in [0.3, 0.4) is 0 Å². The standard InChI is InChI=1S/C24H18N2O4/c27-21-11-10-20(23(29)25-21)26-13-16-12-15(8-9-18(16)24(26)30)22(28)19-7-3-5-14-4-1-2-6-17(14)19/h1-9,12,20H,10-11,13H2,(H,25,27,29). The van der Waals surface area contributed by atoms with E-state index in [0.717, 1.165) is 16.3 Å². The van der Waals surface area contributed by atoms with E-state index < -0.39 is 11.9 Å². The zero-order valence-electron chi connectivity index (χ0n) is 16.1. The highest BCUT2D eigenvalue weighted by atomic mass is 16.2. The summed E-state index contributed by atoms with van der Waals surface area (Å²) in [6.45, 7) is 0.247. The normalized spacial score (nSPS) is 18.5. The van der Waals surface area contributed by atoms with E-state index in [-0.39, 0.29) is 30.6 Å². The molecule has 6 nitrogen and oxygen atoms in total. The van der Waals surface area contributed by atoms with Crippen LogP contribution in [0.2, 0.25) is 0 Å². The maximum Gasteiger partial charge on any atom is 0.255 e. The molecule has 3 amide bonds. The number of benzene rings is 3. The lowest BCUT2D eigenvalue weighted by molar-refractivity contribution is -0.136.